The lowest BCUT2D eigenvalue weighted by Crippen LogP contribution is -2.63. The largest absolute Gasteiger partial charge is 0.343 e. The highest BCUT2D eigenvalue weighted by Crippen LogP contribution is 2.58. The normalized spacial score (nSPS) is 45.7. The summed E-state index contributed by atoms with van der Waals surface area (Å²) in [5.41, 5.74) is 0. The number of alkyl halides is 2. The van der Waals surface area contributed by atoms with Crippen molar-refractivity contribution in [3.05, 3.63) is 9.66 Å². The minimum atomic E-state index is -1.29. The van der Waals surface area contributed by atoms with Crippen molar-refractivity contribution >= 4 is 51.6 Å². The average molecular weight is 389 g/mol. The van der Waals surface area contributed by atoms with Crippen LogP contribution in [-0.4, -0.2) is 28.1 Å². The van der Waals surface area contributed by atoms with E-state index in [1.807, 2.05) is 19.9 Å². The molecule has 1 heterocycles. The van der Waals surface area contributed by atoms with Gasteiger partial charge in [-0.25, -0.2) is 0 Å². The number of carbonyl (C=O) groups excluding carboxylic acids is 1. The summed E-state index contributed by atoms with van der Waals surface area (Å²) in [6.07, 6.45) is 1.52. The summed E-state index contributed by atoms with van der Waals surface area (Å²) in [5.74, 6) is -1.24. The molecule has 94 valence electrons. The second kappa shape index (κ2) is 3.60. The van der Waals surface area contributed by atoms with Crippen LogP contribution in [0.4, 0.5) is 0 Å². The molecule has 17 heavy (non-hydrogen) atoms. The zero-order valence-electron chi connectivity index (χ0n) is 9.25. The summed E-state index contributed by atoms with van der Waals surface area (Å²) in [5, 5.41) is 0. The van der Waals surface area contributed by atoms with E-state index < -0.39 is 10.1 Å². The van der Waals surface area contributed by atoms with Crippen molar-refractivity contribution in [1.29, 1.82) is 0 Å². The smallest absolute Gasteiger partial charge is 0.183 e. The van der Waals surface area contributed by atoms with Crippen LogP contribution in [0.3, 0.4) is 0 Å². The van der Waals surface area contributed by atoms with E-state index in [0.29, 0.717) is 0 Å². The van der Waals surface area contributed by atoms with Gasteiger partial charge in [0.1, 0.15) is 12.2 Å². The highest BCUT2D eigenvalue weighted by molar-refractivity contribution is 14.1. The SMILES string of the molecule is CC1(C)O[C@H]2[C@@H]3C(=O)C(Cl)(Cl)[C@@H]3C=C(I)[C@H]2O1. The monoisotopic (exact) mass is 388 g/mol. The molecule has 1 saturated carbocycles. The van der Waals surface area contributed by atoms with E-state index in [1.54, 1.807) is 0 Å². The molecule has 0 bridgehead atoms. The maximum Gasteiger partial charge on any atom is 0.183 e. The minimum absolute atomic E-state index is 0.151. The lowest BCUT2D eigenvalue weighted by atomic mass is 9.64. The quantitative estimate of drug-likeness (QED) is 0.473. The summed E-state index contributed by atoms with van der Waals surface area (Å²) in [6, 6.07) is 0. The summed E-state index contributed by atoms with van der Waals surface area (Å²) in [6.45, 7) is 3.70. The second-order valence-electron chi connectivity index (χ2n) is 5.11. The number of hydrogen-bond donors (Lipinski definition) is 0. The molecule has 0 N–H and O–H groups in total. The van der Waals surface area contributed by atoms with Crippen LogP contribution in [0.5, 0.6) is 0 Å². The van der Waals surface area contributed by atoms with Gasteiger partial charge in [0.2, 0.25) is 0 Å². The van der Waals surface area contributed by atoms with Crippen LogP contribution >= 0.6 is 45.8 Å². The fourth-order valence-electron chi connectivity index (χ4n) is 2.77. The third kappa shape index (κ3) is 1.64. The van der Waals surface area contributed by atoms with Crippen molar-refractivity contribution in [3.63, 3.8) is 0 Å². The van der Waals surface area contributed by atoms with Gasteiger partial charge in [-0.1, -0.05) is 29.3 Å². The minimum Gasteiger partial charge on any atom is -0.343 e. The van der Waals surface area contributed by atoms with Crippen molar-refractivity contribution in [2.45, 2.75) is 36.2 Å². The van der Waals surface area contributed by atoms with E-state index in [-0.39, 0.29) is 29.8 Å². The third-order valence-corrected chi connectivity index (χ3v) is 5.38. The fraction of sp³-hybridized carbons (Fsp3) is 0.727. The zero-order valence-corrected chi connectivity index (χ0v) is 12.9. The van der Waals surface area contributed by atoms with Crippen LogP contribution in [0.2, 0.25) is 0 Å². The lowest BCUT2D eigenvalue weighted by Gasteiger charge is -2.49. The zero-order chi connectivity index (χ0) is 12.6. The van der Waals surface area contributed by atoms with Crippen LogP contribution < -0.4 is 0 Å². The molecular weight excluding hydrogens is 378 g/mol. The number of fused-ring (bicyclic) bond motifs is 3. The van der Waals surface area contributed by atoms with Crippen molar-refractivity contribution < 1.29 is 14.3 Å². The summed E-state index contributed by atoms with van der Waals surface area (Å²) in [4.78, 5) is 11.9. The molecule has 2 fully saturated rings. The number of Topliss-reactive ketones (excluding diaryl/α,β-unsaturated/α-hetero) is 1. The van der Waals surface area contributed by atoms with Crippen LogP contribution in [0.1, 0.15) is 13.8 Å². The first kappa shape index (κ1) is 12.7. The molecule has 2 aliphatic carbocycles. The summed E-state index contributed by atoms with van der Waals surface area (Å²) < 4.78 is 11.3. The Morgan fingerprint density at radius 2 is 2.00 bits per heavy atom. The molecule has 0 amide bonds. The summed E-state index contributed by atoms with van der Waals surface area (Å²) >= 11 is 14.3. The molecule has 1 aliphatic heterocycles. The van der Waals surface area contributed by atoms with E-state index in [1.165, 1.54) is 0 Å². The fourth-order valence-corrected chi connectivity index (χ4v) is 4.29. The van der Waals surface area contributed by atoms with Gasteiger partial charge in [-0.05, 0) is 36.4 Å². The molecule has 6 heteroatoms. The highest BCUT2D eigenvalue weighted by Gasteiger charge is 2.67. The molecule has 1 saturated heterocycles. The molecule has 0 unspecified atom stereocenters. The van der Waals surface area contributed by atoms with E-state index in [2.05, 4.69) is 22.6 Å². The Hall–Kier alpha value is 0.640. The van der Waals surface area contributed by atoms with Crippen LogP contribution in [0.25, 0.3) is 0 Å². The molecule has 3 nitrogen and oxygen atoms in total. The molecule has 3 aliphatic rings. The molecule has 3 rings (SSSR count). The van der Waals surface area contributed by atoms with Crippen LogP contribution in [-0.2, 0) is 14.3 Å². The van der Waals surface area contributed by atoms with E-state index in [4.69, 9.17) is 32.7 Å². The third-order valence-electron chi connectivity index (χ3n) is 3.53. The number of hydrogen-bond acceptors (Lipinski definition) is 3. The van der Waals surface area contributed by atoms with Crippen LogP contribution in [0.15, 0.2) is 9.66 Å². The molecule has 0 aromatic heterocycles. The van der Waals surface area contributed by atoms with Gasteiger partial charge in [0.15, 0.2) is 15.9 Å². The van der Waals surface area contributed by atoms with Gasteiger partial charge >= 0.3 is 0 Å². The number of ketones is 1. The molecule has 0 aromatic rings. The topological polar surface area (TPSA) is 35.5 Å². The molecule has 0 aromatic carbocycles. The van der Waals surface area contributed by atoms with Crippen molar-refractivity contribution in [2.75, 3.05) is 0 Å². The first-order valence-electron chi connectivity index (χ1n) is 5.39. The van der Waals surface area contributed by atoms with E-state index in [9.17, 15) is 4.79 Å². The Labute approximate surface area is 123 Å². The number of ether oxygens (including phenoxy) is 2. The number of halogens is 3. The van der Waals surface area contributed by atoms with Gasteiger partial charge in [-0.3, -0.25) is 4.79 Å². The number of allylic oxidation sites excluding steroid dienone is 1. The maximum absolute atomic E-state index is 11.9. The van der Waals surface area contributed by atoms with Gasteiger partial charge in [0.05, 0.1) is 5.92 Å². The summed E-state index contributed by atoms with van der Waals surface area (Å²) in [7, 11) is 0. The number of rotatable bonds is 0. The van der Waals surface area contributed by atoms with Gasteiger partial charge < -0.3 is 9.47 Å². The Balaban J connectivity index is 1.98. The molecule has 0 spiro atoms. The Morgan fingerprint density at radius 3 is 2.65 bits per heavy atom. The van der Waals surface area contributed by atoms with Gasteiger partial charge in [0, 0.05) is 9.50 Å². The van der Waals surface area contributed by atoms with Crippen molar-refractivity contribution in [1.82, 2.24) is 0 Å². The van der Waals surface area contributed by atoms with Crippen molar-refractivity contribution in [3.8, 4) is 0 Å². The maximum atomic E-state index is 11.9. The van der Waals surface area contributed by atoms with Crippen molar-refractivity contribution in [2.24, 2.45) is 11.8 Å². The standard InChI is InChI=1S/C11H11Cl2IO3/c1-10(2)16-7-5(14)3-4-6(8(7)17-10)9(15)11(4,12)13/h3-4,6-8H,1-2H3/t4-,6-,7-,8+/m1/s1. The Bertz CT molecular complexity index is 432. The first-order chi connectivity index (χ1) is 7.74. The Morgan fingerprint density at radius 1 is 1.35 bits per heavy atom. The van der Waals surface area contributed by atoms with Gasteiger partial charge in [0.25, 0.3) is 0 Å². The van der Waals surface area contributed by atoms with E-state index in [0.717, 1.165) is 3.58 Å². The molecule has 0 radical (unpaired) electrons. The van der Waals surface area contributed by atoms with Gasteiger partial charge in [-0.15, -0.1) is 0 Å². The second-order valence-corrected chi connectivity index (χ2v) is 7.74. The molecular formula is C11H11Cl2IO3. The first-order valence-corrected chi connectivity index (χ1v) is 7.22. The molecule has 4 atom stereocenters. The lowest BCUT2D eigenvalue weighted by molar-refractivity contribution is -0.160. The predicted octanol–water partition coefficient (Wildman–Crippen LogP) is 2.83. The average Bonchev–Trinajstić information content (AvgIpc) is 2.53. The highest BCUT2D eigenvalue weighted by atomic mass is 127. The van der Waals surface area contributed by atoms with Gasteiger partial charge in [-0.2, -0.15) is 0 Å². The van der Waals surface area contributed by atoms with E-state index >= 15 is 0 Å². The Kier molecular flexibility index (Phi) is 2.68. The number of carbonyl (C=O) groups is 1. The predicted molar refractivity (Wildman–Crippen MR) is 72.4 cm³/mol. The van der Waals surface area contributed by atoms with Crippen LogP contribution in [0, 0.1) is 11.8 Å².